The van der Waals surface area contributed by atoms with Crippen molar-refractivity contribution in [2.24, 2.45) is 0 Å². The van der Waals surface area contributed by atoms with E-state index in [1.165, 1.54) is 0 Å². The summed E-state index contributed by atoms with van der Waals surface area (Å²) in [5.74, 6) is -0.0827. The van der Waals surface area contributed by atoms with Crippen molar-refractivity contribution in [3.05, 3.63) is 71.8 Å². The van der Waals surface area contributed by atoms with Gasteiger partial charge in [0.1, 0.15) is 0 Å². The molecule has 0 aliphatic heterocycles. The predicted octanol–water partition coefficient (Wildman–Crippen LogP) is 4.89. The largest absolute Gasteiger partial charge is 0.362 e. The van der Waals surface area contributed by atoms with Gasteiger partial charge in [0, 0.05) is 25.0 Å². The highest BCUT2D eigenvalue weighted by molar-refractivity contribution is 6.03. The first-order valence-electron chi connectivity index (χ1n) is 8.41. The molecule has 0 saturated carbocycles. The molecule has 1 atom stereocenters. The minimum absolute atomic E-state index is 0.0827. The average molecular weight is 321 g/mol. The Hall–Kier alpha value is -2.44. The summed E-state index contributed by atoms with van der Waals surface area (Å²) in [6.45, 7) is 2.58. The van der Waals surface area contributed by atoms with Crippen molar-refractivity contribution >= 4 is 5.78 Å². The van der Waals surface area contributed by atoms with Gasteiger partial charge in [0.25, 0.3) is 0 Å². The van der Waals surface area contributed by atoms with Gasteiger partial charge in [0.15, 0.2) is 11.4 Å². The van der Waals surface area contributed by atoms with E-state index >= 15 is 0 Å². The second-order valence-corrected chi connectivity index (χ2v) is 5.75. The van der Waals surface area contributed by atoms with Gasteiger partial charge in [0.05, 0.1) is 6.07 Å². The number of ether oxygens (including phenoxy) is 1. The number of hydrogen-bond donors (Lipinski definition) is 0. The van der Waals surface area contributed by atoms with Crippen molar-refractivity contribution in [2.45, 2.75) is 38.2 Å². The molecule has 3 nitrogen and oxygen atoms in total. The molecule has 0 bridgehead atoms. The van der Waals surface area contributed by atoms with Crippen molar-refractivity contribution in [1.82, 2.24) is 0 Å². The van der Waals surface area contributed by atoms with Crippen LogP contribution in [0.15, 0.2) is 60.7 Å². The Labute approximate surface area is 143 Å². The van der Waals surface area contributed by atoms with Crippen molar-refractivity contribution < 1.29 is 9.53 Å². The second kappa shape index (κ2) is 9.00. The van der Waals surface area contributed by atoms with Gasteiger partial charge < -0.3 is 4.74 Å². The Balaban J connectivity index is 2.47. The highest BCUT2D eigenvalue weighted by Gasteiger charge is 2.41. The molecule has 1 unspecified atom stereocenters. The average Bonchev–Trinajstić information content (AvgIpc) is 2.65. The van der Waals surface area contributed by atoms with E-state index in [0.29, 0.717) is 18.6 Å². The van der Waals surface area contributed by atoms with Crippen LogP contribution in [0.4, 0.5) is 0 Å². The van der Waals surface area contributed by atoms with Gasteiger partial charge in [0.2, 0.25) is 0 Å². The van der Waals surface area contributed by atoms with Crippen LogP contribution in [-0.4, -0.2) is 12.4 Å². The summed E-state index contributed by atoms with van der Waals surface area (Å²) >= 11 is 0. The number of nitrogens with zero attached hydrogens (tertiary/aromatic N) is 1. The Morgan fingerprint density at radius 2 is 1.71 bits per heavy atom. The molecule has 2 aromatic rings. The van der Waals surface area contributed by atoms with Crippen LogP contribution in [0.1, 0.15) is 48.5 Å². The first-order valence-corrected chi connectivity index (χ1v) is 8.41. The highest BCUT2D eigenvalue weighted by atomic mass is 16.5. The smallest absolute Gasteiger partial charge is 0.199 e. The van der Waals surface area contributed by atoms with Crippen molar-refractivity contribution in [2.75, 3.05) is 6.61 Å². The SMILES string of the molecule is CCCCOC(CCC#N)(C(=O)c1ccccc1)c1ccccc1. The van der Waals surface area contributed by atoms with Crippen LogP contribution in [-0.2, 0) is 10.3 Å². The molecule has 0 N–H and O–H groups in total. The Bertz CT molecular complexity index is 676. The number of Topliss-reactive ketones (excluding diaryl/α,β-unsaturated/α-hetero) is 1. The normalized spacial score (nSPS) is 13.0. The second-order valence-electron chi connectivity index (χ2n) is 5.75. The van der Waals surface area contributed by atoms with Gasteiger partial charge >= 0.3 is 0 Å². The van der Waals surface area contributed by atoms with E-state index in [0.717, 1.165) is 18.4 Å². The first-order chi connectivity index (χ1) is 11.7. The summed E-state index contributed by atoms with van der Waals surface area (Å²) in [5.41, 5.74) is 0.314. The van der Waals surface area contributed by atoms with E-state index in [1.807, 2.05) is 48.5 Å². The van der Waals surface area contributed by atoms with E-state index in [9.17, 15) is 4.79 Å². The molecular formula is C21H23NO2. The minimum Gasteiger partial charge on any atom is -0.362 e. The molecule has 0 heterocycles. The van der Waals surface area contributed by atoms with E-state index in [1.54, 1.807) is 12.1 Å². The Morgan fingerprint density at radius 1 is 1.08 bits per heavy atom. The molecule has 0 aliphatic rings. The maximum absolute atomic E-state index is 13.3. The van der Waals surface area contributed by atoms with Crippen molar-refractivity contribution in [3.63, 3.8) is 0 Å². The third-order valence-electron chi connectivity index (χ3n) is 4.08. The van der Waals surface area contributed by atoms with Crippen molar-refractivity contribution in [1.29, 1.82) is 5.26 Å². The van der Waals surface area contributed by atoms with Crippen LogP contribution in [0.3, 0.4) is 0 Å². The molecule has 0 aliphatic carbocycles. The van der Waals surface area contributed by atoms with E-state index < -0.39 is 5.60 Å². The summed E-state index contributed by atoms with van der Waals surface area (Å²) in [5, 5.41) is 9.08. The van der Waals surface area contributed by atoms with Gasteiger partial charge in [-0.2, -0.15) is 5.26 Å². The van der Waals surface area contributed by atoms with Crippen molar-refractivity contribution in [3.8, 4) is 6.07 Å². The first kappa shape index (κ1) is 17.9. The van der Waals surface area contributed by atoms with E-state index in [-0.39, 0.29) is 12.2 Å². The summed E-state index contributed by atoms with van der Waals surface area (Å²) < 4.78 is 6.17. The lowest BCUT2D eigenvalue weighted by atomic mass is 9.82. The van der Waals surface area contributed by atoms with Crippen LogP contribution in [0, 0.1) is 11.3 Å². The van der Waals surface area contributed by atoms with Gasteiger partial charge in [-0.05, 0) is 12.0 Å². The summed E-state index contributed by atoms with van der Waals surface area (Å²) in [6, 6.07) is 20.9. The lowest BCUT2D eigenvalue weighted by molar-refractivity contribution is -0.0351. The fraction of sp³-hybridized carbons (Fsp3) is 0.333. The molecule has 0 radical (unpaired) electrons. The fourth-order valence-electron chi connectivity index (χ4n) is 2.76. The minimum atomic E-state index is -1.10. The molecule has 0 fully saturated rings. The molecule has 3 heteroatoms. The summed E-state index contributed by atoms with van der Waals surface area (Å²) in [4.78, 5) is 13.3. The predicted molar refractivity (Wildman–Crippen MR) is 94.6 cm³/mol. The third-order valence-corrected chi connectivity index (χ3v) is 4.08. The number of benzene rings is 2. The van der Waals surface area contributed by atoms with Crippen LogP contribution in [0.25, 0.3) is 0 Å². The Morgan fingerprint density at radius 3 is 2.29 bits per heavy atom. The highest BCUT2D eigenvalue weighted by Crippen LogP contribution is 2.35. The lowest BCUT2D eigenvalue weighted by Gasteiger charge is -2.33. The fourth-order valence-corrected chi connectivity index (χ4v) is 2.76. The van der Waals surface area contributed by atoms with Crippen LogP contribution in [0.2, 0.25) is 0 Å². The number of ketones is 1. The molecular weight excluding hydrogens is 298 g/mol. The number of carbonyl (C=O) groups is 1. The molecule has 2 aromatic carbocycles. The lowest BCUT2D eigenvalue weighted by Crippen LogP contribution is -2.39. The maximum Gasteiger partial charge on any atom is 0.199 e. The standard InChI is InChI=1S/C21H23NO2/c1-2-3-17-24-21(15-10-16-22,19-13-8-5-9-14-19)20(23)18-11-6-4-7-12-18/h4-9,11-14H,2-3,10,15,17H2,1H3. The summed E-state index contributed by atoms with van der Waals surface area (Å²) in [7, 11) is 0. The van der Waals surface area contributed by atoms with Crippen LogP contribution in [0.5, 0.6) is 0 Å². The molecule has 0 amide bonds. The molecule has 0 saturated heterocycles. The number of nitriles is 1. The zero-order chi connectivity index (χ0) is 17.3. The van der Waals surface area contributed by atoms with Gasteiger partial charge in [-0.25, -0.2) is 0 Å². The van der Waals surface area contributed by atoms with E-state index in [4.69, 9.17) is 10.00 Å². The molecule has 124 valence electrons. The van der Waals surface area contributed by atoms with Crippen LogP contribution < -0.4 is 0 Å². The number of unbranched alkanes of at least 4 members (excludes halogenated alkanes) is 1. The van der Waals surface area contributed by atoms with Gasteiger partial charge in [-0.15, -0.1) is 0 Å². The molecule has 0 spiro atoms. The quantitative estimate of drug-likeness (QED) is 0.488. The molecule has 0 aromatic heterocycles. The maximum atomic E-state index is 13.3. The number of carbonyl (C=O) groups excluding carboxylic acids is 1. The summed E-state index contributed by atoms with van der Waals surface area (Å²) in [6.07, 6.45) is 2.48. The number of hydrogen-bond acceptors (Lipinski definition) is 3. The van der Waals surface area contributed by atoms with Gasteiger partial charge in [-0.3, -0.25) is 4.79 Å². The number of rotatable bonds is 9. The monoisotopic (exact) mass is 321 g/mol. The molecule has 24 heavy (non-hydrogen) atoms. The van der Waals surface area contributed by atoms with Gasteiger partial charge in [-0.1, -0.05) is 74.0 Å². The zero-order valence-corrected chi connectivity index (χ0v) is 14.1. The zero-order valence-electron chi connectivity index (χ0n) is 14.1. The molecule has 2 rings (SSSR count). The topological polar surface area (TPSA) is 50.1 Å². The van der Waals surface area contributed by atoms with E-state index in [2.05, 4.69) is 13.0 Å². The van der Waals surface area contributed by atoms with Crippen LogP contribution >= 0.6 is 0 Å². The third kappa shape index (κ3) is 4.10. The Kier molecular flexibility index (Phi) is 6.72.